The molecule has 0 spiro atoms. The zero-order chi connectivity index (χ0) is 21.1. The lowest BCUT2D eigenvalue weighted by Gasteiger charge is -2.35. The van der Waals surface area contributed by atoms with Crippen molar-refractivity contribution < 1.29 is 9.13 Å². The minimum Gasteiger partial charge on any atom is -0.496 e. The Hall–Kier alpha value is -2.33. The molecule has 0 saturated heterocycles. The smallest absolute Gasteiger partial charge is 0.123 e. The maximum Gasteiger partial charge on any atom is 0.123 e. The number of benzene rings is 2. The van der Waals surface area contributed by atoms with E-state index in [1.807, 2.05) is 6.07 Å². The monoisotopic (exact) mass is 408 g/mol. The first-order valence-electron chi connectivity index (χ1n) is 11.3. The molecule has 4 heteroatoms. The molecule has 1 aliphatic carbocycles. The Bertz CT molecular complexity index is 995. The lowest BCUT2D eigenvalue weighted by Crippen LogP contribution is -2.41. The van der Waals surface area contributed by atoms with E-state index in [1.54, 1.807) is 19.2 Å². The summed E-state index contributed by atoms with van der Waals surface area (Å²) in [4.78, 5) is 2.64. The lowest BCUT2D eigenvalue weighted by atomic mass is 9.86. The quantitative estimate of drug-likeness (QED) is 0.481. The number of hydrogen-bond donors (Lipinski definition) is 0. The van der Waals surface area contributed by atoms with Crippen LogP contribution in [0.4, 0.5) is 4.39 Å². The molecular formula is C26H33FN2O. The zero-order valence-electron chi connectivity index (χ0n) is 18.5. The fourth-order valence-corrected chi connectivity index (χ4v) is 5.07. The van der Waals surface area contributed by atoms with Crippen molar-refractivity contribution in [1.82, 2.24) is 9.47 Å². The maximum absolute atomic E-state index is 13.9. The first-order valence-corrected chi connectivity index (χ1v) is 11.3. The van der Waals surface area contributed by atoms with Crippen molar-refractivity contribution in [2.75, 3.05) is 20.2 Å². The highest BCUT2D eigenvalue weighted by Gasteiger charge is 2.26. The van der Waals surface area contributed by atoms with Gasteiger partial charge in [0.15, 0.2) is 0 Å². The average molecular weight is 409 g/mol. The van der Waals surface area contributed by atoms with Gasteiger partial charge in [-0.3, -0.25) is 4.90 Å². The van der Waals surface area contributed by atoms with E-state index in [2.05, 4.69) is 47.7 Å². The van der Waals surface area contributed by atoms with E-state index in [1.165, 1.54) is 23.1 Å². The summed E-state index contributed by atoms with van der Waals surface area (Å²) in [6.07, 6.45) is 7.64. The van der Waals surface area contributed by atoms with Gasteiger partial charge in [0.05, 0.1) is 7.11 Å². The van der Waals surface area contributed by atoms with Crippen LogP contribution in [0.15, 0.2) is 42.6 Å². The van der Waals surface area contributed by atoms with Crippen LogP contribution >= 0.6 is 0 Å². The summed E-state index contributed by atoms with van der Waals surface area (Å²) in [5.41, 5.74) is 5.19. The molecule has 0 fully saturated rings. The van der Waals surface area contributed by atoms with Crippen LogP contribution in [-0.2, 0) is 25.8 Å². The van der Waals surface area contributed by atoms with Crippen molar-refractivity contribution >= 4 is 10.9 Å². The predicted octanol–water partition coefficient (Wildman–Crippen LogP) is 5.62. The van der Waals surface area contributed by atoms with Crippen LogP contribution in [0.5, 0.6) is 5.75 Å². The molecule has 3 nitrogen and oxygen atoms in total. The lowest BCUT2D eigenvalue weighted by molar-refractivity contribution is 0.180. The molecule has 1 atom stereocenters. The van der Waals surface area contributed by atoms with E-state index in [4.69, 9.17) is 4.74 Å². The third kappa shape index (κ3) is 4.11. The second-order valence-electron chi connectivity index (χ2n) is 8.38. The minimum absolute atomic E-state index is 0.154. The highest BCUT2D eigenvalue weighted by molar-refractivity contribution is 5.84. The fraction of sp³-hybridized carbons (Fsp3) is 0.462. The van der Waals surface area contributed by atoms with Gasteiger partial charge in [0.1, 0.15) is 11.6 Å². The summed E-state index contributed by atoms with van der Waals surface area (Å²) in [5, 5.41) is 1.06. The molecule has 3 aromatic rings. The van der Waals surface area contributed by atoms with Crippen LogP contribution in [0.3, 0.4) is 0 Å². The number of methoxy groups -OCH3 is 1. The average Bonchev–Trinajstić information content (AvgIpc) is 3.12. The summed E-state index contributed by atoms with van der Waals surface area (Å²) in [6, 6.07) is 12.1. The van der Waals surface area contributed by atoms with Crippen LogP contribution in [0.1, 0.15) is 43.4 Å². The Kier molecular flexibility index (Phi) is 6.43. The van der Waals surface area contributed by atoms with E-state index in [9.17, 15) is 4.39 Å². The second-order valence-corrected chi connectivity index (χ2v) is 8.38. The highest BCUT2D eigenvalue weighted by atomic mass is 19.1. The van der Waals surface area contributed by atoms with Gasteiger partial charge in [-0.2, -0.15) is 0 Å². The van der Waals surface area contributed by atoms with Crippen LogP contribution < -0.4 is 4.74 Å². The highest BCUT2D eigenvalue weighted by Crippen LogP contribution is 2.32. The number of nitrogens with zero attached hydrogens (tertiary/aromatic N) is 2. The number of halogens is 1. The van der Waals surface area contributed by atoms with Gasteiger partial charge in [-0.05, 0) is 86.5 Å². The number of aryl methyl sites for hydroxylation is 2. The van der Waals surface area contributed by atoms with Gasteiger partial charge in [0.2, 0.25) is 0 Å². The summed E-state index contributed by atoms with van der Waals surface area (Å²) < 4.78 is 21.8. The molecular weight excluding hydrogens is 375 g/mol. The Labute approximate surface area is 179 Å². The predicted molar refractivity (Wildman–Crippen MR) is 122 cm³/mol. The number of hydrogen-bond acceptors (Lipinski definition) is 2. The van der Waals surface area contributed by atoms with Gasteiger partial charge < -0.3 is 9.30 Å². The first-order chi connectivity index (χ1) is 14.6. The van der Waals surface area contributed by atoms with Crippen molar-refractivity contribution in [2.45, 2.75) is 58.5 Å². The standard InChI is InChI=1S/C26H33FN2O/c1-4-14-29(22-11-9-19-7-6-8-26(30-3)24(19)17-22)15-13-20-18-28(5-2)25-12-10-21(27)16-23(20)25/h6-8,10,12,16,18,22H,4-5,9,11,13-15,17H2,1-3H3. The van der Waals surface area contributed by atoms with Crippen LogP contribution in [0, 0.1) is 5.82 Å². The topological polar surface area (TPSA) is 17.4 Å². The Morgan fingerprint density at radius 2 is 2.03 bits per heavy atom. The Morgan fingerprint density at radius 3 is 2.80 bits per heavy atom. The van der Waals surface area contributed by atoms with Crippen molar-refractivity contribution in [3.05, 3.63) is 65.1 Å². The molecule has 2 aromatic carbocycles. The number of aromatic nitrogens is 1. The molecule has 1 heterocycles. The molecule has 4 rings (SSSR count). The van der Waals surface area contributed by atoms with Gasteiger partial charge in [0.25, 0.3) is 0 Å². The fourth-order valence-electron chi connectivity index (χ4n) is 5.07. The van der Waals surface area contributed by atoms with Crippen molar-refractivity contribution in [2.24, 2.45) is 0 Å². The van der Waals surface area contributed by atoms with Gasteiger partial charge in [-0.15, -0.1) is 0 Å². The van der Waals surface area contributed by atoms with Crippen molar-refractivity contribution in [3.63, 3.8) is 0 Å². The molecule has 0 bridgehead atoms. The van der Waals surface area contributed by atoms with Crippen LogP contribution in [-0.4, -0.2) is 35.7 Å². The molecule has 30 heavy (non-hydrogen) atoms. The number of fused-ring (bicyclic) bond motifs is 2. The van der Waals surface area contributed by atoms with Gasteiger partial charge >= 0.3 is 0 Å². The van der Waals surface area contributed by atoms with E-state index >= 15 is 0 Å². The van der Waals surface area contributed by atoms with E-state index in [0.717, 1.165) is 62.0 Å². The van der Waals surface area contributed by atoms with Gasteiger partial charge in [-0.1, -0.05) is 19.1 Å². The third-order valence-corrected chi connectivity index (χ3v) is 6.60. The molecule has 0 radical (unpaired) electrons. The van der Waals surface area contributed by atoms with Crippen LogP contribution in [0.25, 0.3) is 10.9 Å². The molecule has 1 aliphatic rings. The van der Waals surface area contributed by atoms with Gasteiger partial charge in [0, 0.05) is 36.2 Å². The van der Waals surface area contributed by atoms with Crippen LogP contribution in [0.2, 0.25) is 0 Å². The molecule has 0 saturated carbocycles. The summed E-state index contributed by atoms with van der Waals surface area (Å²) in [6.45, 7) is 7.39. The molecule has 0 N–H and O–H groups in total. The summed E-state index contributed by atoms with van der Waals surface area (Å²) in [7, 11) is 1.77. The number of rotatable bonds is 8. The molecule has 0 amide bonds. The van der Waals surface area contributed by atoms with Gasteiger partial charge in [-0.25, -0.2) is 4.39 Å². The second kappa shape index (κ2) is 9.22. The normalized spacial score (nSPS) is 16.2. The summed E-state index contributed by atoms with van der Waals surface area (Å²) >= 11 is 0. The zero-order valence-corrected chi connectivity index (χ0v) is 18.5. The Morgan fingerprint density at radius 1 is 1.17 bits per heavy atom. The minimum atomic E-state index is -0.154. The molecule has 1 unspecified atom stereocenters. The molecule has 160 valence electrons. The molecule has 0 aliphatic heterocycles. The summed E-state index contributed by atoms with van der Waals surface area (Å²) in [5.74, 6) is 0.870. The maximum atomic E-state index is 13.9. The Balaban J connectivity index is 1.54. The van der Waals surface area contributed by atoms with Crippen molar-refractivity contribution in [3.8, 4) is 5.75 Å². The van der Waals surface area contributed by atoms with E-state index in [0.29, 0.717) is 6.04 Å². The SMILES string of the molecule is CCCN(CCc1cn(CC)c2ccc(F)cc12)C1CCc2cccc(OC)c2C1. The third-order valence-electron chi connectivity index (χ3n) is 6.60. The molecule has 1 aromatic heterocycles. The number of ether oxygens (including phenoxy) is 1. The van der Waals surface area contributed by atoms with E-state index < -0.39 is 0 Å². The van der Waals surface area contributed by atoms with Crippen molar-refractivity contribution in [1.29, 1.82) is 0 Å². The van der Waals surface area contributed by atoms with E-state index in [-0.39, 0.29) is 5.82 Å². The largest absolute Gasteiger partial charge is 0.496 e. The first kappa shape index (κ1) is 20.9.